The minimum atomic E-state index is -0.505. The molecule has 7 nitrogen and oxygen atoms in total. The molecule has 0 saturated carbocycles. The Morgan fingerprint density at radius 2 is 1.64 bits per heavy atom. The molecule has 28 heavy (non-hydrogen) atoms. The number of para-hydroxylation sites is 1. The van der Waals surface area contributed by atoms with Crippen molar-refractivity contribution < 1.29 is 14.4 Å². The van der Waals surface area contributed by atoms with Crippen molar-refractivity contribution in [1.29, 1.82) is 5.53 Å². The first-order chi connectivity index (χ1) is 13.5. The van der Waals surface area contributed by atoms with Crippen LogP contribution in [0, 0.1) is 5.53 Å². The molecule has 1 aliphatic rings. The average Bonchev–Trinajstić information content (AvgIpc) is 2.94. The van der Waals surface area contributed by atoms with E-state index in [1.54, 1.807) is 56.3 Å². The first-order valence-electron chi connectivity index (χ1n) is 8.88. The first kappa shape index (κ1) is 19.2. The van der Waals surface area contributed by atoms with E-state index in [0.717, 1.165) is 10.6 Å². The summed E-state index contributed by atoms with van der Waals surface area (Å²) in [5, 5.41) is 5.54. The Morgan fingerprint density at radius 1 is 1.07 bits per heavy atom. The fourth-order valence-corrected chi connectivity index (χ4v) is 3.11. The van der Waals surface area contributed by atoms with Crippen molar-refractivity contribution >= 4 is 23.4 Å². The average molecular weight is 376 g/mol. The second-order valence-electron chi connectivity index (χ2n) is 6.59. The minimum absolute atomic E-state index is 0.293. The van der Waals surface area contributed by atoms with Crippen LogP contribution < -0.4 is 0 Å². The highest BCUT2D eigenvalue weighted by atomic mass is 16.2. The van der Waals surface area contributed by atoms with E-state index >= 15 is 0 Å². The van der Waals surface area contributed by atoms with Crippen LogP contribution in [0.15, 0.2) is 65.8 Å². The fraction of sp³-hybridized carbons (Fsp3) is 0.190. The van der Waals surface area contributed by atoms with Gasteiger partial charge in [-0.1, -0.05) is 36.4 Å². The number of nitrogens with one attached hydrogen (secondary N) is 1. The van der Waals surface area contributed by atoms with Gasteiger partial charge in [0.05, 0.1) is 16.8 Å². The normalized spacial score (nSPS) is 13.3. The molecule has 0 saturated heterocycles. The number of hydrogen-bond donors (Lipinski definition) is 1. The highest BCUT2D eigenvalue weighted by Gasteiger charge is 2.41. The quantitative estimate of drug-likeness (QED) is 0.471. The minimum Gasteiger partial charge on any atom is -0.268 e. The van der Waals surface area contributed by atoms with Gasteiger partial charge in [-0.15, -0.1) is 0 Å². The van der Waals surface area contributed by atoms with E-state index in [1.165, 1.54) is 11.1 Å². The molecule has 0 unspecified atom stereocenters. The molecule has 2 aromatic rings. The van der Waals surface area contributed by atoms with Gasteiger partial charge in [0.15, 0.2) is 0 Å². The van der Waals surface area contributed by atoms with E-state index in [0.29, 0.717) is 23.2 Å². The molecule has 0 atom stereocenters. The summed E-state index contributed by atoms with van der Waals surface area (Å²) in [6, 6.07) is 13.3. The number of hydrogen-bond acceptors (Lipinski definition) is 5. The third kappa shape index (κ3) is 3.46. The maximum atomic E-state index is 12.8. The van der Waals surface area contributed by atoms with Crippen LogP contribution in [0.5, 0.6) is 0 Å². The molecule has 0 radical (unpaired) electrons. The molecule has 1 N–H and O–H groups in total. The molecular weight excluding hydrogens is 356 g/mol. The van der Waals surface area contributed by atoms with Gasteiger partial charge < -0.3 is 0 Å². The number of benzene rings is 2. The molecule has 3 amide bonds. The van der Waals surface area contributed by atoms with Crippen LogP contribution in [0.3, 0.4) is 0 Å². The van der Waals surface area contributed by atoms with Gasteiger partial charge in [-0.25, -0.2) is 10.5 Å². The second kappa shape index (κ2) is 7.96. The molecule has 0 aromatic heterocycles. The largest absolute Gasteiger partial charge is 0.280 e. The number of allylic oxidation sites excluding steroid dienone is 1. The number of rotatable bonds is 6. The van der Waals surface area contributed by atoms with Crippen molar-refractivity contribution in [3.63, 3.8) is 0 Å². The summed E-state index contributed by atoms with van der Waals surface area (Å²) in [7, 11) is 0. The zero-order chi connectivity index (χ0) is 20.3. The van der Waals surface area contributed by atoms with Crippen molar-refractivity contribution in [3.8, 4) is 0 Å². The van der Waals surface area contributed by atoms with Gasteiger partial charge in [-0.2, -0.15) is 10.1 Å². The Bertz CT molecular complexity index is 946. The predicted octanol–water partition coefficient (Wildman–Crippen LogP) is 3.90. The summed E-state index contributed by atoms with van der Waals surface area (Å²) in [6.07, 6.45) is 3.38. The number of carbonyl (C=O) groups is 3. The number of imide groups is 1. The van der Waals surface area contributed by atoms with E-state index in [2.05, 4.69) is 5.11 Å². The van der Waals surface area contributed by atoms with Gasteiger partial charge in [-0.3, -0.25) is 14.4 Å². The molecule has 142 valence electrons. The highest BCUT2D eigenvalue weighted by molar-refractivity contribution is 6.21. The molecule has 0 fully saturated rings. The summed E-state index contributed by atoms with van der Waals surface area (Å²) >= 11 is 0. The molecular formula is C21H20N4O3. The third-order valence-corrected chi connectivity index (χ3v) is 4.41. The standard InChI is InChI=1S/C21H20N4O3/c1-14(2)24(25-20(27)16-10-4-5-11-17(16)21(25)28)19(26)13-7-9-15-8-3-6-12-18(15)23-22/h3-8,10-14,22H,9H2,1-2H3/b13-7+,23-22?. The summed E-state index contributed by atoms with van der Waals surface area (Å²) < 4.78 is 0. The van der Waals surface area contributed by atoms with Gasteiger partial charge in [0.25, 0.3) is 17.7 Å². The van der Waals surface area contributed by atoms with E-state index in [1.807, 2.05) is 12.1 Å². The van der Waals surface area contributed by atoms with E-state index in [4.69, 9.17) is 5.53 Å². The van der Waals surface area contributed by atoms with Crippen LogP contribution in [0.25, 0.3) is 0 Å². The van der Waals surface area contributed by atoms with Gasteiger partial charge in [0, 0.05) is 12.1 Å². The zero-order valence-corrected chi connectivity index (χ0v) is 15.6. The number of hydrazine groups is 1. The topological polar surface area (TPSA) is 93.9 Å². The second-order valence-corrected chi connectivity index (χ2v) is 6.59. The van der Waals surface area contributed by atoms with Crippen LogP contribution in [-0.2, 0) is 11.2 Å². The summed E-state index contributed by atoms with van der Waals surface area (Å²) in [4.78, 5) is 38.2. The lowest BCUT2D eigenvalue weighted by molar-refractivity contribution is -0.139. The zero-order valence-electron chi connectivity index (χ0n) is 15.6. The Morgan fingerprint density at radius 3 is 2.21 bits per heavy atom. The van der Waals surface area contributed by atoms with Crippen molar-refractivity contribution in [2.45, 2.75) is 26.3 Å². The van der Waals surface area contributed by atoms with Crippen molar-refractivity contribution in [1.82, 2.24) is 10.0 Å². The Labute approximate surface area is 162 Å². The summed E-state index contributed by atoms with van der Waals surface area (Å²) in [5.74, 6) is -1.48. The smallest absolute Gasteiger partial charge is 0.268 e. The SMILES string of the molecule is CC(C)N(C(=O)/C=C/Cc1ccccc1N=N)N1C(=O)c2ccccc2C1=O. The summed E-state index contributed by atoms with van der Waals surface area (Å²) in [6.45, 7) is 3.48. The molecule has 0 bridgehead atoms. The lowest BCUT2D eigenvalue weighted by Gasteiger charge is -2.32. The highest BCUT2D eigenvalue weighted by Crippen LogP contribution is 2.25. The molecule has 1 heterocycles. The Hall–Kier alpha value is -3.61. The number of nitrogens with zero attached hydrogens (tertiary/aromatic N) is 3. The van der Waals surface area contributed by atoms with Crippen LogP contribution in [0.2, 0.25) is 0 Å². The van der Waals surface area contributed by atoms with Crippen LogP contribution in [0.1, 0.15) is 40.1 Å². The number of amides is 3. The first-order valence-corrected chi connectivity index (χ1v) is 8.88. The lowest BCUT2D eigenvalue weighted by Crippen LogP contribution is -2.52. The third-order valence-electron chi connectivity index (χ3n) is 4.41. The van der Waals surface area contributed by atoms with Crippen molar-refractivity contribution in [2.24, 2.45) is 5.11 Å². The summed E-state index contributed by atoms with van der Waals surface area (Å²) in [5.41, 5.74) is 9.11. The van der Waals surface area contributed by atoms with Crippen LogP contribution in [0.4, 0.5) is 5.69 Å². The van der Waals surface area contributed by atoms with Crippen LogP contribution >= 0.6 is 0 Å². The van der Waals surface area contributed by atoms with Crippen LogP contribution in [-0.4, -0.2) is 33.8 Å². The molecule has 3 rings (SSSR count). The van der Waals surface area contributed by atoms with Gasteiger partial charge in [0.2, 0.25) is 0 Å². The van der Waals surface area contributed by atoms with E-state index in [-0.39, 0.29) is 0 Å². The molecule has 0 spiro atoms. The number of carbonyl (C=O) groups excluding carboxylic acids is 3. The Kier molecular flexibility index (Phi) is 5.44. The van der Waals surface area contributed by atoms with E-state index < -0.39 is 23.8 Å². The van der Waals surface area contributed by atoms with Crippen molar-refractivity contribution in [2.75, 3.05) is 0 Å². The molecule has 2 aromatic carbocycles. The van der Waals surface area contributed by atoms with Gasteiger partial charge >= 0.3 is 0 Å². The molecule has 0 aliphatic carbocycles. The fourth-order valence-electron chi connectivity index (χ4n) is 3.11. The molecule has 7 heteroatoms. The molecule has 1 aliphatic heterocycles. The van der Waals surface area contributed by atoms with Crippen molar-refractivity contribution in [3.05, 3.63) is 77.4 Å². The maximum absolute atomic E-state index is 12.8. The van der Waals surface area contributed by atoms with Gasteiger partial charge in [-0.05, 0) is 44.0 Å². The number of fused-ring (bicyclic) bond motifs is 1. The maximum Gasteiger partial charge on any atom is 0.280 e. The van der Waals surface area contributed by atoms with Gasteiger partial charge in [0.1, 0.15) is 0 Å². The van der Waals surface area contributed by atoms with E-state index in [9.17, 15) is 14.4 Å². The lowest BCUT2D eigenvalue weighted by atomic mass is 10.1. The monoisotopic (exact) mass is 376 g/mol. The Balaban J connectivity index is 1.81. The predicted molar refractivity (Wildman–Crippen MR) is 103 cm³/mol.